The zero-order valence-electron chi connectivity index (χ0n) is 11.1. The first-order valence-electron chi connectivity index (χ1n) is 6.36. The molecule has 0 aromatic heterocycles. The molecule has 0 heterocycles. The van der Waals surface area contributed by atoms with E-state index in [1.807, 2.05) is 19.9 Å². The van der Waals surface area contributed by atoms with Gasteiger partial charge in [0.15, 0.2) is 0 Å². The zero-order valence-corrected chi connectivity index (χ0v) is 11.9. The fourth-order valence-corrected chi connectivity index (χ4v) is 3.57. The first-order chi connectivity index (χ1) is 8.57. The van der Waals surface area contributed by atoms with E-state index >= 15 is 0 Å². The van der Waals surface area contributed by atoms with Gasteiger partial charge in [-0.25, -0.2) is 8.42 Å². The fraction of sp³-hybridized carbons (Fsp3) is 0.538. The minimum Gasteiger partial charge on any atom is -0.326 e. The summed E-state index contributed by atoms with van der Waals surface area (Å²) in [5.74, 6) is 0. The Hall–Kier alpha value is -0.910. The number of hydrogen-bond donors (Lipinski definition) is 1. The normalized spacial score (nSPS) is 12.0. The first kappa shape index (κ1) is 15.1. The third-order valence-electron chi connectivity index (χ3n) is 2.92. The molecule has 0 aliphatic carbocycles. The highest BCUT2D eigenvalue weighted by Crippen LogP contribution is 2.20. The van der Waals surface area contributed by atoms with Crippen molar-refractivity contribution in [3.63, 3.8) is 0 Å². The summed E-state index contributed by atoms with van der Waals surface area (Å²) < 4.78 is 26.6. The number of rotatable bonds is 7. The summed E-state index contributed by atoms with van der Waals surface area (Å²) in [4.78, 5) is 0.338. The van der Waals surface area contributed by atoms with Crippen molar-refractivity contribution in [1.82, 2.24) is 4.31 Å². The molecule has 102 valence electrons. The summed E-state index contributed by atoms with van der Waals surface area (Å²) >= 11 is 0. The first-order valence-corrected chi connectivity index (χ1v) is 7.80. The highest BCUT2D eigenvalue weighted by Gasteiger charge is 2.24. The molecule has 1 aromatic rings. The average Bonchev–Trinajstić information content (AvgIpc) is 2.39. The van der Waals surface area contributed by atoms with Gasteiger partial charge in [0, 0.05) is 19.6 Å². The van der Waals surface area contributed by atoms with Crippen molar-refractivity contribution < 1.29 is 8.42 Å². The van der Waals surface area contributed by atoms with E-state index < -0.39 is 10.0 Å². The number of unbranched alkanes of at least 4 members (excludes halogenated alkanes) is 1. The van der Waals surface area contributed by atoms with Gasteiger partial charge in [-0.05, 0) is 18.1 Å². The SMILES string of the molecule is CCCCN(CC)S(=O)(=O)c1ccccc1CN. The van der Waals surface area contributed by atoms with Gasteiger partial charge in [0.2, 0.25) is 10.0 Å². The Morgan fingerprint density at radius 1 is 1.22 bits per heavy atom. The van der Waals surface area contributed by atoms with Crippen LogP contribution >= 0.6 is 0 Å². The molecule has 0 radical (unpaired) electrons. The summed E-state index contributed by atoms with van der Waals surface area (Å²) in [6.45, 7) is 5.20. The average molecular weight is 270 g/mol. The lowest BCUT2D eigenvalue weighted by Crippen LogP contribution is -2.32. The van der Waals surface area contributed by atoms with Crippen LogP contribution in [0.1, 0.15) is 32.3 Å². The number of benzene rings is 1. The molecule has 0 atom stereocenters. The second kappa shape index (κ2) is 6.87. The van der Waals surface area contributed by atoms with Crippen LogP contribution in [-0.2, 0) is 16.6 Å². The molecular weight excluding hydrogens is 248 g/mol. The lowest BCUT2D eigenvalue weighted by molar-refractivity contribution is 0.418. The maximum atomic E-state index is 12.5. The lowest BCUT2D eigenvalue weighted by Gasteiger charge is -2.21. The molecule has 1 aromatic carbocycles. The monoisotopic (exact) mass is 270 g/mol. The molecule has 0 spiro atoms. The fourth-order valence-electron chi connectivity index (χ4n) is 1.85. The van der Waals surface area contributed by atoms with E-state index in [9.17, 15) is 8.42 Å². The van der Waals surface area contributed by atoms with Gasteiger partial charge in [-0.3, -0.25) is 0 Å². The van der Waals surface area contributed by atoms with Crippen molar-refractivity contribution >= 4 is 10.0 Å². The highest BCUT2D eigenvalue weighted by atomic mass is 32.2. The van der Waals surface area contributed by atoms with E-state index in [-0.39, 0.29) is 6.54 Å². The van der Waals surface area contributed by atoms with Gasteiger partial charge in [-0.2, -0.15) is 4.31 Å². The molecule has 4 nitrogen and oxygen atoms in total. The maximum absolute atomic E-state index is 12.5. The smallest absolute Gasteiger partial charge is 0.243 e. The molecule has 0 unspecified atom stereocenters. The molecule has 0 aliphatic heterocycles. The van der Waals surface area contributed by atoms with E-state index in [1.54, 1.807) is 18.2 Å². The summed E-state index contributed by atoms with van der Waals surface area (Å²) in [6, 6.07) is 6.94. The molecule has 0 saturated heterocycles. The minimum absolute atomic E-state index is 0.237. The van der Waals surface area contributed by atoms with Crippen molar-refractivity contribution in [2.75, 3.05) is 13.1 Å². The van der Waals surface area contributed by atoms with Crippen LogP contribution in [0, 0.1) is 0 Å². The quantitative estimate of drug-likeness (QED) is 0.823. The Balaban J connectivity index is 3.10. The van der Waals surface area contributed by atoms with E-state index in [4.69, 9.17) is 5.73 Å². The van der Waals surface area contributed by atoms with Gasteiger partial charge in [0.25, 0.3) is 0 Å². The number of sulfonamides is 1. The van der Waals surface area contributed by atoms with Crippen LogP contribution in [0.3, 0.4) is 0 Å². The van der Waals surface area contributed by atoms with Gasteiger partial charge in [0.1, 0.15) is 0 Å². The Labute approximate surface area is 110 Å². The molecule has 0 amide bonds. The Bertz CT molecular complexity index is 472. The second-order valence-corrected chi connectivity index (χ2v) is 6.07. The number of nitrogens with two attached hydrogens (primary N) is 1. The van der Waals surface area contributed by atoms with Crippen LogP contribution in [0.4, 0.5) is 0 Å². The Morgan fingerprint density at radius 3 is 2.44 bits per heavy atom. The molecule has 5 heteroatoms. The summed E-state index contributed by atoms with van der Waals surface area (Å²) in [5.41, 5.74) is 6.28. The van der Waals surface area contributed by atoms with Crippen molar-refractivity contribution in [3.05, 3.63) is 29.8 Å². The molecule has 0 aliphatic rings. The van der Waals surface area contributed by atoms with Gasteiger partial charge in [-0.15, -0.1) is 0 Å². The Morgan fingerprint density at radius 2 is 1.89 bits per heavy atom. The van der Waals surface area contributed by atoms with Crippen molar-refractivity contribution in [3.8, 4) is 0 Å². The van der Waals surface area contributed by atoms with Crippen LogP contribution in [0.2, 0.25) is 0 Å². The molecule has 0 bridgehead atoms. The third-order valence-corrected chi connectivity index (χ3v) is 5.00. The third kappa shape index (κ3) is 3.31. The molecule has 1 rings (SSSR count). The molecule has 2 N–H and O–H groups in total. The van der Waals surface area contributed by atoms with Crippen LogP contribution in [0.25, 0.3) is 0 Å². The van der Waals surface area contributed by atoms with Crippen LogP contribution in [0.15, 0.2) is 29.2 Å². The van der Waals surface area contributed by atoms with Gasteiger partial charge in [0.05, 0.1) is 4.90 Å². The van der Waals surface area contributed by atoms with Crippen molar-refractivity contribution in [1.29, 1.82) is 0 Å². The lowest BCUT2D eigenvalue weighted by atomic mass is 10.2. The van der Waals surface area contributed by atoms with Gasteiger partial charge >= 0.3 is 0 Å². The Kier molecular flexibility index (Phi) is 5.78. The molecule has 18 heavy (non-hydrogen) atoms. The van der Waals surface area contributed by atoms with Crippen LogP contribution < -0.4 is 5.73 Å². The van der Waals surface area contributed by atoms with Crippen molar-refractivity contribution in [2.45, 2.75) is 38.1 Å². The van der Waals surface area contributed by atoms with Gasteiger partial charge in [-0.1, -0.05) is 38.5 Å². The minimum atomic E-state index is -3.41. The summed E-state index contributed by atoms with van der Waals surface area (Å²) in [5, 5.41) is 0. The van der Waals surface area contributed by atoms with E-state index in [2.05, 4.69) is 0 Å². The molecule has 0 saturated carbocycles. The van der Waals surface area contributed by atoms with Gasteiger partial charge < -0.3 is 5.73 Å². The maximum Gasteiger partial charge on any atom is 0.243 e. The molecular formula is C13H22N2O2S. The summed E-state index contributed by atoms with van der Waals surface area (Å²) in [6.07, 6.45) is 1.85. The predicted molar refractivity (Wildman–Crippen MR) is 73.7 cm³/mol. The summed E-state index contributed by atoms with van der Waals surface area (Å²) in [7, 11) is -3.41. The number of nitrogens with zero attached hydrogens (tertiary/aromatic N) is 1. The van der Waals surface area contributed by atoms with Crippen LogP contribution in [0.5, 0.6) is 0 Å². The molecule has 0 fully saturated rings. The highest BCUT2D eigenvalue weighted by molar-refractivity contribution is 7.89. The van der Waals surface area contributed by atoms with E-state index in [1.165, 1.54) is 4.31 Å². The standard InChI is InChI=1S/C13H22N2O2S/c1-3-5-10-15(4-2)18(16,17)13-9-7-6-8-12(13)11-14/h6-9H,3-5,10-11,14H2,1-2H3. The second-order valence-electron chi connectivity index (χ2n) is 4.16. The van der Waals surface area contributed by atoms with E-state index in [0.717, 1.165) is 12.8 Å². The van der Waals surface area contributed by atoms with Crippen molar-refractivity contribution in [2.24, 2.45) is 5.73 Å². The predicted octanol–water partition coefficient (Wildman–Crippen LogP) is 1.96. The topological polar surface area (TPSA) is 63.4 Å². The largest absolute Gasteiger partial charge is 0.326 e. The van der Waals surface area contributed by atoms with Crippen LogP contribution in [-0.4, -0.2) is 25.8 Å². The van der Waals surface area contributed by atoms with E-state index in [0.29, 0.717) is 23.5 Å². The zero-order chi connectivity index (χ0) is 13.6. The number of hydrogen-bond acceptors (Lipinski definition) is 3.